The summed E-state index contributed by atoms with van der Waals surface area (Å²) in [5, 5.41) is 162. The van der Waals surface area contributed by atoms with Crippen molar-refractivity contribution >= 4 is 0 Å². The first kappa shape index (κ1) is 61.9. The first-order chi connectivity index (χ1) is 36.0. The molecule has 30 atom stereocenters. The van der Waals surface area contributed by atoms with Crippen molar-refractivity contribution in [2.45, 2.75) is 254 Å². The Hall–Kier alpha value is -1.18. The van der Waals surface area contributed by atoms with Crippen LogP contribution in [0, 0.1) is 45.3 Å². The standard InChI is InChI=1S/C54H92O23/c1-23(2)10-9-14-54(8,77-48-44(69)40(65)37(62)29(74-48)22-70-46-42(67)38(63)34(59)26(19-55)71-46)24-11-16-53(7)33(24)25(58)18-31-51(5)15-13-32(50(3,4)30(51)12-17-52(31,53)6)75-49-45(41(66)36(61)28(21-57)73-49)76-47-43(68)39(64)35(60)27(20-56)72-47/h10,24-49,55-69H,9,11-22H2,1-8H3/t24-,25+,26+,27+,28+,29+,30-,31+,32-,33?,34+,35+,36+,37+,38-,39-,40-,41-,42+,43+,44+,45+,46?,47-,48-,49-,51-,52+,53+,54?/m0/s1. The number of rotatable bonds is 16. The van der Waals surface area contributed by atoms with Gasteiger partial charge in [-0.2, -0.15) is 0 Å². The molecule has 4 aliphatic heterocycles. The molecule has 77 heavy (non-hydrogen) atoms. The fraction of sp³-hybridized carbons (Fsp3) is 0.963. The average Bonchev–Trinajstić information content (AvgIpc) is 3.96. The third kappa shape index (κ3) is 10.9. The predicted octanol–water partition coefficient (Wildman–Crippen LogP) is -2.20. The fourth-order valence-electron chi connectivity index (χ4n) is 16.3. The van der Waals surface area contributed by atoms with Crippen LogP contribution < -0.4 is 0 Å². The summed E-state index contributed by atoms with van der Waals surface area (Å²) in [6, 6.07) is 0. The number of hydrogen-bond donors (Lipinski definition) is 15. The first-order valence-electron chi connectivity index (χ1n) is 27.9. The van der Waals surface area contributed by atoms with Gasteiger partial charge >= 0.3 is 0 Å². The highest BCUT2D eigenvalue weighted by atomic mass is 16.8. The third-order valence-electron chi connectivity index (χ3n) is 20.9. The molecule has 0 amide bonds. The van der Waals surface area contributed by atoms with E-state index < -0.39 is 178 Å². The van der Waals surface area contributed by atoms with Crippen LogP contribution in [0.15, 0.2) is 11.6 Å². The minimum Gasteiger partial charge on any atom is -0.394 e. The molecule has 4 heterocycles. The summed E-state index contributed by atoms with van der Waals surface area (Å²) >= 11 is 0. The first-order valence-corrected chi connectivity index (χ1v) is 27.9. The van der Waals surface area contributed by atoms with Gasteiger partial charge in [-0.3, -0.25) is 0 Å². The summed E-state index contributed by atoms with van der Waals surface area (Å²) in [4.78, 5) is 0. The van der Waals surface area contributed by atoms with Crippen molar-refractivity contribution < 1.29 is 114 Å². The Kier molecular flexibility index (Phi) is 18.9. The number of aliphatic hydroxyl groups excluding tert-OH is 15. The summed E-state index contributed by atoms with van der Waals surface area (Å²) in [6.45, 7) is 14.6. The second kappa shape index (κ2) is 23.5. The number of fused-ring (bicyclic) bond motifs is 5. The van der Waals surface area contributed by atoms with Gasteiger partial charge in [0, 0.05) is 0 Å². The van der Waals surface area contributed by atoms with Gasteiger partial charge in [-0.1, -0.05) is 46.3 Å². The van der Waals surface area contributed by atoms with E-state index in [1.165, 1.54) is 0 Å². The van der Waals surface area contributed by atoms with E-state index in [4.69, 9.17) is 37.9 Å². The quantitative estimate of drug-likeness (QED) is 0.0576. The maximum atomic E-state index is 12.8. The SMILES string of the molecule is CC(C)=CCCC(C)(O[C@@H]1O[C@H](COC2O[C@H](CO)[C@@H](O)[C@H](O)[C@H]2O)[C@@H](O)[C@H](O)[C@H]1O)[C@H]1CC[C@]2(C)C1[C@H](O)C[C@@H]1[C@@]3(C)CC[C@H](O[C@@H]4O[C@H](CO)[C@@H](O)[C@H](O)[C@H]4O[C@@H]4O[C@H](CO)[C@@H](O)[C@H](O)[C@H]4O)C(C)(C)[C@@H]3CC[C@]12C. The van der Waals surface area contributed by atoms with Gasteiger partial charge in [-0.05, 0) is 124 Å². The van der Waals surface area contributed by atoms with Crippen LogP contribution in [0.1, 0.15) is 113 Å². The lowest BCUT2D eigenvalue weighted by atomic mass is 9.35. The summed E-state index contributed by atoms with van der Waals surface area (Å²) in [5.74, 6) is -0.475. The summed E-state index contributed by atoms with van der Waals surface area (Å²) < 4.78 is 48.9. The van der Waals surface area contributed by atoms with Crippen LogP contribution in [0.3, 0.4) is 0 Å². The highest BCUT2D eigenvalue weighted by Crippen LogP contribution is 2.76. The van der Waals surface area contributed by atoms with Crippen molar-refractivity contribution in [2.75, 3.05) is 26.4 Å². The van der Waals surface area contributed by atoms with E-state index in [2.05, 4.69) is 40.7 Å². The van der Waals surface area contributed by atoms with E-state index in [9.17, 15) is 76.6 Å². The summed E-state index contributed by atoms with van der Waals surface area (Å²) in [6.07, 6.45) is -25.2. The highest BCUT2D eigenvalue weighted by Gasteiger charge is 2.72. The van der Waals surface area contributed by atoms with Crippen LogP contribution >= 0.6 is 0 Å². The van der Waals surface area contributed by atoms with Gasteiger partial charge in [0.2, 0.25) is 0 Å². The van der Waals surface area contributed by atoms with E-state index in [1.807, 2.05) is 20.8 Å². The Morgan fingerprint density at radius 1 is 0.545 bits per heavy atom. The highest BCUT2D eigenvalue weighted by molar-refractivity contribution is 5.20. The zero-order chi connectivity index (χ0) is 56.6. The maximum absolute atomic E-state index is 12.8. The van der Waals surface area contributed by atoms with E-state index in [1.54, 1.807) is 0 Å². The number of aliphatic hydroxyl groups is 15. The van der Waals surface area contributed by atoms with Gasteiger partial charge in [0.25, 0.3) is 0 Å². The van der Waals surface area contributed by atoms with Gasteiger partial charge in [0.05, 0.1) is 44.2 Å². The van der Waals surface area contributed by atoms with Crippen LogP contribution in [0.5, 0.6) is 0 Å². The van der Waals surface area contributed by atoms with Crippen molar-refractivity contribution in [3.8, 4) is 0 Å². The van der Waals surface area contributed by atoms with Gasteiger partial charge in [-0.15, -0.1) is 0 Å². The molecule has 0 bridgehead atoms. The molecule has 8 rings (SSSR count). The molecule has 23 heteroatoms. The van der Waals surface area contributed by atoms with Gasteiger partial charge in [0.1, 0.15) is 97.7 Å². The molecule has 0 spiro atoms. The van der Waals surface area contributed by atoms with Crippen LogP contribution in [-0.4, -0.2) is 244 Å². The van der Waals surface area contributed by atoms with Crippen molar-refractivity contribution in [1.82, 2.24) is 0 Å². The molecule has 4 aliphatic carbocycles. The van der Waals surface area contributed by atoms with Crippen LogP contribution in [0.25, 0.3) is 0 Å². The van der Waals surface area contributed by atoms with Crippen molar-refractivity contribution in [3.05, 3.63) is 11.6 Å². The van der Waals surface area contributed by atoms with E-state index in [-0.39, 0.29) is 34.5 Å². The van der Waals surface area contributed by atoms with E-state index >= 15 is 0 Å². The molecule has 0 radical (unpaired) electrons. The smallest absolute Gasteiger partial charge is 0.187 e. The fourth-order valence-corrected chi connectivity index (χ4v) is 16.3. The van der Waals surface area contributed by atoms with E-state index in [0.29, 0.717) is 38.5 Å². The minimum atomic E-state index is -1.82. The normalized spacial score (nSPS) is 52.7. The zero-order valence-electron chi connectivity index (χ0n) is 45.8. The topological polar surface area (TPSA) is 377 Å². The summed E-state index contributed by atoms with van der Waals surface area (Å²) in [5.41, 5.74) is -1.59. The Balaban J connectivity index is 1.01. The maximum Gasteiger partial charge on any atom is 0.187 e. The second-order valence-electron chi connectivity index (χ2n) is 25.7. The zero-order valence-corrected chi connectivity index (χ0v) is 45.8. The summed E-state index contributed by atoms with van der Waals surface area (Å²) in [7, 11) is 0. The molecule has 446 valence electrons. The average molecular weight is 1110 g/mol. The van der Waals surface area contributed by atoms with Gasteiger partial charge in [-0.25, -0.2) is 0 Å². The van der Waals surface area contributed by atoms with E-state index in [0.717, 1.165) is 24.8 Å². The Labute approximate surface area is 450 Å². The lowest BCUT2D eigenvalue weighted by Crippen LogP contribution is -2.68. The van der Waals surface area contributed by atoms with Gasteiger partial charge in [0.15, 0.2) is 25.2 Å². The van der Waals surface area contributed by atoms with Crippen molar-refractivity contribution in [1.29, 1.82) is 0 Å². The molecule has 3 unspecified atom stereocenters. The number of allylic oxidation sites excluding steroid dienone is 2. The van der Waals surface area contributed by atoms with Gasteiger partial charge < -0.3 is 114 Å². The molecule has 4 saturated heterocycles. The lowest BCUT2D eigenvalue weighted by Gasteiger charge is -2.71. The molecule has 23 nitrogen and oxygen atoms in total. The molecule has 8 fully saturated rings. The predicted molar refractivity (Wildman–Crippen MR) is 266 cm³/mol. The number of ether oxygens (including phenoxy) is 8. The molecule has 0 aromatic carbocycles. The van der Waals surface area contributed by atoms with Crippen molar-refractivity contribution in [2.24, 2.45) is 45.3 Å². The molecular weight excluding hydrogens is 1020 g/mol. The Bertz CT molecular complexity index is 1990. The Morgan fingerprint density at radius 3 is 1.64 bits per heavy atom. The molecule has 4 saturated carbocycles. The molecule has 0 aromatic rings. The third-order valence-corrected chi connectivity index (χ3v) is 20.9. The largest absolute Gasteiger partial charge is 0.394 e. The molecule has 8 aliphatic rings. The molecule has 0 aromatic heterocycles. The van der Waals surface area contributed by atoms with Crippen LogP contribution in [0.2, 0.25) is 0 Å². The Morgan fingerprint density at radius 2 is 1.05 bits per heavy atom. The monoisotopic (exact) mass is 1110 g/mol. The van der Waals surface area contributed by atoms with Crippen LogP contribution in [-0.2, 0) is 37.9 Å². The second-order valence-corrected chi connectivity index (χ2v) is 25.7. The molecule has 15 N–H and O–H groups in total. The lowest BCUT2D eigenvalue weighted by molar-refractivity contribution is -0.378. The minimum absolute atomic E-state index is 0.0374. The molecular formula is C54H92O23. The van der Waals surface area contributed by atoms with Crippen molar-refractivity contribution in [3.63, 3.8) is 0 Å². The van der Waals surface area contributed by atoms with Crippen LogP contribution in [0.4, 0.5) is 0 Å². The number of hydrogen-bond acceptors (Lipinski definition) is 23.